The smallest absolute Gasteiger partial charge is 1.00 e. The van der Waals surface area contributed by atoms with Gasteiger partial charge in [0.05, 0.1) is 0 Å². The number of rotatable bonds is 0. The molecule has 0 unspecified atom stereocenters. The molecule has 0 N–H and O–H groups in total. The van der Waals surface area contributed by atoms with E-state index in [1.165, 1.54) is 0 Å². The van der Waals surface area contributed by atoms with Gasteiger partial charge in [0.15, 0.2) is 0 Å². The SMILES string of the molecule is CSC.[H-].[H-].[H-].[H-].[H-].[Na+].[Na+].[Na+].[Na+].[Na+]. The van der Waals surface area contributed by atoms with Crippen LogP contribution in [0.15, 0.2) is 0 Å². The van der Waals surface area contributed by atoms with E-state index >= 15 is 0 Å². The van der Waals surface area contributed by atoms with Crippen LogP contribution < -0.4 is 148 Å². The molecular weight excluding hydrogens is 171 g/mol. The van der Waals surface area contributed by atoms with Crippen molar-refractivity contribution in [3.05, 3.63) is 0 Å². The first-order chi connectivity index (χ1) is 1.41. The standard InChI is InChI=1S/C2H6S.5Na.5H/c1-3-2;;;;;;;;;;/h1-2H3;;;;;;;;;;/q;5*+1;5*-1. The zero-order valence-electron chi connectivity index (χ0n) is 12.4. The molecule has 0 bridgehead atoms. The normalized spacial score (nSPS) is 2.25. The van der Waals surface area contributed by atoms with Crippen LogP contribution in [0.5, 0.6) is 0 Å². The summed E-state index contributed by atoms with van der Waals surface area (Å²) in [5.74, 6) is 0. The van der Waals surface area contributed by atoms with Crippen LogP contribution in [0.3, 0.4) is 0 Å². The van der Waals surface area contributed by atoms with Crippen LogP contribution in [-0.2, 0) is 0 Å². The molecule has 8 heavy (non-hydrogen) atoms. The average molecular weight is 182 g/mol. The van der Waals surface area contributed by atoms with Crippen molar-refractivity contribution in [3.8, 4) is 0 Å². The van der Waals surface area contributed by atoms with Gasteiger partial charge in [0.1, 0.15) is 0 Å². The van der Waals surface area contributed by atoms with Crippen molar-refractivity contribution in [1.82, 2.24) is 0 Å². The first-order valence-corrected chi connectivity index (χ1v) is 2.45. The maximum Gasteiger partial charge on any atom is 1.00 e. The predicted octanol–water partition coefficient (Wildman–Crippen LogP) is -13.4. The van der Waals surface area contributed by atoms with Gasteiger partial charge >= 0.3 is 148 Å². The zero-order chi connectivity index (χ0) is 2.71. The number of thioether (sulfide) groups is 1. The monoisotopic (exact) mass is 182 g/mol. The molecule has 0 aliphatic heterocycles. The Hall–Kier alpha value is 5.35. The van der Waals surface area contributed by atoms with E-state index in [4.69, 9.17) is 0 Å². The summed E-state index contributed by atoms with van der Waals surface area (Å²) in [6.45, 7) is 0. The Kier molecular flexibility index (Phi) is 186. The fraction of sp³-hybridized carbons (Fsp3) is 1.00. The summed E-state index contributed by atoms with van der Waals surface area (Å²) < 4.78 is 0. The minimum Gasteiger partial charge on any atom is -1.00 e. The van der Waals surface area contributed by atoms with E-state index < -0.39 is 0 Å². The maximum atomic E-state index is 2.04. The van der Waals surface area contributed by atoms with E-state index in [1.807, 2.05) is 12.5 Å². The van der Waals surface area contributed by atoms with Crippen LogP contribution in [0.1, 0.15) is 7.13 Å². The quantitative estimate of drug-likeness (QED) is 0.335. The Labute approximate surface area is 175 Å². The summed E-state index contributed by atoms with van der Waals surface area (Å²) in [6.07, 6.45) is 4.08. The van der Waals surface area contributed by atoms with Gasteiger partial charge < -0.3 is 7.13 Å². The van der Waals surface area contributed by atoms with Gasteiger partial charge in [-0.3, -0.25) is 0 Å². The fourth-order valence-electron chi connectivity index (χ4n) is 0. The van der Waals surface area contributed by atoms with Gasteiger partial charge in [-0.1, -0.05) is 0 Å². The molecule has 0 spiro atoms. The second-order valence-electron chi connectivity index (χ2n) is 0.408. The molecule has 0 heterocycles. The van der Waals surface area contributed by atoms with Gasteiger partial charge in [-0.15, -0.1) is 0 Å². The third-order valence-electron chi connectivity index (χ3n) is 0. The molecule has 0 radical (unpaired) electrons. The van der Waals surface area contributed by atoms with Crippen molar-refractivity contribution in [2.75, 3.05) is 12.5 Å². The van der Waals surface area contributed by atoms with Gasteiger partial charge in [-0.05, 0) is 12.5 Å². The summed E-state index contributed by atoms with van der Waals surface area (Å²) in [5, 5.41) is 0. The van der Waals surface area contributed by atoms with Crippen LogP contribution in [0.4, 0.5) is 0 Å². The second-order valence-corrected chi connectivity index (χ2v) is 1.22. The van der Waals surface area contributed by atoms with Crippen molar-refractivity contribution in [2.45, 2.75) is 0 Å². The molecule has 0 fully saturated rings. The van der Waals surface area contributed by atoms with Gasteiger partial charge in [-0.2, -0.15) is 11.8 Å². The van der Waals surface area contributed by atoms with Crippen molar-refractivity contribution in [1.29, 1.82) is 0 Å². The Morgan fingerprint density at radius 1 is 0.750 bits per heavy atom. The molecule has 0 amide bonds. The third kappa shape index (κ3) is 42.5. The Balaban J connectivity index is -0.000000000444. The molecule has 0 saturated carbocycles. The largest absolute Gasteiger partial charge is 1.00 e. The first kappa shape index (κ1) is 37.7. The second kappa shape index (κ2) is 39.5. The van der Waals surface area contributed by atoms with Crippen molar-refractivity contribution < 1.29 is 155 Å². The van der Waals surface area contributed by atoms with Gasteiger partial charge in [0, 0.05) is 0 Å². The number of hydrogen-bond donors (Lipinski definition) is 0. The average Bonchev–Trinajstić information content (AvgIpc) is 0.918. The van der Waals surface area contributed by atoms with E-state index in [1.54, 1.807) is 11.8 Å². The van der Waals surface area contributed by atoms with Crippen LogP contribution in [0, 0.1) is 0 Å². The molecule has 30 valence electrons. The van der Waals surface area contributed by atoms with E-state index in [0.717, 1.165) is 0 Å². The van der Waals surface area contributed by atoms with Crippen LogP contribution in [0.25, 0.3) is 0 Å². The number of hydrogen-bond acceptors (Lipinski definition) is 1. The van der Waals surface area contributed by atoms with Crippen LogP contribution >= 0.6 is 11.8 Å². The summed E-state index contributed by atoms with van der Waals surface area (Å²) in [4.78, 5) is 0. The van der Waals surface area contributed by atoms with E-state index in [2.05, 4.69) is 0 Å². The Morgan fingerprint density at radius 2 is 0.750 bits per heavy atom. The molecule has 0 aromatic heterocycles. The van der Waals surface area contributed by atoms with Gasteiger partial charge in [0.25, 0.3) is 0 Å². The molecule has 0 aliphatic rings. The molecular formula is C2H11Na5S. The molecule has 0 aromatic carbocycles. The van der Waals surface area contributed by atoms with Crippen molar-refractivity contribution >= 4 is 11.8 Å². The zero-order valence-corrected chi connectivity index (χ0v) is 18.2. The van der Waals surface area contributed by atoms with Crippen LogP contribution in [0.2, 0.25) is 0 Å². The van der Waals surface area contributed by atoms with Crippen molar-refractivity contribution in [2.24, 2.45) is 0 Å². The Bertz CT molecular complexity index is 22.9. The minimum atomic E-state index is 0. The molecule has 0 aliphatic carbocycles. The summed E-state index contributed by atoms with van der Waals surface area (Å²) in [6, 6.07) is 0. The van der Waals surface area contributed by atoms with Crippen molar-refractivity contribution in [3.63, 3.8) is 0 Å². The summed E-state index contributed by atoms with van der Waals surface area (Å²) in [7, 11) is 0. The van der Waals surface area contributed by atoms with Crippen LogP contribution in [-0.4, -0.2) is 12.5 Å². The van der Waals surface area contributed by atoms with Gasteiger partial charge in [0.2, 0.25) is 0 Å². The fourth-order valence-corrected chi connectivity index (χ4v) is 0. The molecule has 0 aromatic rings. The molecule has 0 saturated heterocycles. The molecule has 0 rings (SSSR count). The topological polar surface area (TPSA) is 0 Å². The van der Waals surface area contributed by atoms with E-state index in [9.17, 15) is 0 Å². The first-order valence-electron chi connectivity index (χ1n) is 0.816. The minimum absolute atomic E-state index is 0. The molecule has 0 atom stereocenters. The molecule has 0 nitrogen and oxygen atoms in total. The maximum absolute atomic E-state index is 2.04. The molecule has 6 heteroatoms. The Morgan fingerprint density at radius 3 is 0.750 bits per heavy atom. The predicted molar refractivity (Wildman–Crippen MR) is 25.0 cm³/mol. The third-order valence-corrected chi connectivity index (χ3v) is 0. The summed E-state index contributed by atoms with van der Waals surface area (Å²) >= 11 is 1.75. The van der Waals surface area contributed by atoms with Gasteiger partial charge in [-0.25, -0.2) is 0 Å². The van der Waals surface area contributed by atoms with E-state index in [-0.39, 0.29) is 155 Å². The summed E-state index contributed by atoms with van der Waals surface area (Å²) in [5.41, 5.74) is 0. The van der Waals surface area contributed by atoms with E-state index in [0.29, 0.717) is 0 Å².